The van der Waals surface area contributed by atoms with Crippen molar-refractivity contribution in [3.8, 4) is 0 Å². The van der Waals surface area contributed by atoms with E-state index < -0.39 is 11.4 Å². The van der Waals surface area contributed by atoms with Crippen molar-refractivity contribution < 1.29 is 14.0 Å². The minimum atomic E-state index is -0.461. The van der Waals surface area contributed by atoms with Gasteiger partial charge in [0.1, 0.15) is 11.5 Å². The van der Waals surface area contributed by atoms with E-state index >= 15 is 0 Å². The monoisotopic (exact) mass is 363 g/mol. The lowest BCUT2D eigenvalue weighted by Gasteiger charge is -2.20. The SMILES string of the molecule is CC(C)(C)NC(=O)c1cc(NC(=O)Cc2cc(F)ccc2Cl)ccn1. The molecule has 5 nitrogen and oxygen atoms in total. The van der Waals surface area contributed by atoms with Crippen molar-refractivity contribution in [3.05, 3.63) is 58.6 Å². The molecule has 1 aromatic heterocycles. The van der Waals surface area contributed by atoms with Crippen LogP contribution in [-0.2, 0) is 11.2 Å². The van der Waals surface area contributed by atoms with Crippen LogP contribution in [-0.4, -0.2) is 22.3 Å². The van der Waals surface area contributed by atoms with Crippen LogP contribution in [0.3, 0.4) is 0 Å². The number of rotatable bonds is 4. The van der Waals surface area contributed by atoms with Crippen LogP contribution in [0, 0.1) is 5.82 Å². The lowest BCUT2D eigenvalue weighted by Crippen LogP contribution is -2.40. The van der Waals surface area contributed by atoms with Crippen LogP contribution in [0.25, 0.3) is 0 Å². The van der Waals surface area contributed by atoms with Crippen LogP contribution in [0.4, 0.5) is 10.1 Å². The van der Waals surface area contributed by atoms with Crippen LogP contribution in [0.2, 0.25) is 5.02 Å². The predicted octanol–water partition coefficient (Wildman–Crippen LogP) is 3.58. The van der Waals surface area contributed by atoms with Crippen LogP contribution < -0.4 is 10.6 Å². The largest absolute Gasteiger partial charge is 0.346 e. The van der Waals surface area contributed by atoms with Gasteiger partial charge in [0.05, 0.1) is 6.42 Å². The van der Waals surface area contributed by atoms with E-state index in [1.165, 1.54) is 30.5 Å². The van der Waals surface area contributed by atoms with Crippen molar-refractivity contribution in [1.82, 2.24) is 10.3 Å². The van der Waals surface area contributed by atoms with E-state index in [0.29, 0.717) is 16.3 Å². The lowest BCUT2D eigenvalue weighted by molar-refractivity contribution is -0.115. The van der Waals surface area contributed by atoms with Crippen molar-refractivity contribution in [1.29, 1.82) is 0 Å². The Morgan fingerprint density at radius 3 is 2.60 bits per heavy atom. The highest BCUT2D eigenvalue weighted by atomic mass is 35.5. The number of carbonyl (C=O) groups is 2. The van der Waals surface area contributed by atoms with Gasteiger partial charge < -0.3 is 10.6 Å². The fraction of sp³-hybridized carbons (Fsp3) is 0.278. The molecule has 2 amide bonds. The summed E-state index contributed by atoms with van der Waals surface area (Å²) in [6, 6.07) is 6.90. The molecule has 0 atom stereocenters. The fourth-order valence-corrected chi connectivity index (χ4v) is 2.28. The lowest BCUT2D eigenvalue weighted by atomic mass is 10.1. The minimum Gasteiger partial charge on any atom is -0.346 e. The van der Waals surface area contributed by atoms with Crippen molar-refractivity contribution in [2.75, 3.05) is 5.32 Å². The molecule has 0 fully saturated rings. The second-order valence-electron chi connectivity index (χ2n) is 6.59. The number of nitrogens with zero attached hydrogens (tertiary/aromatic N) is 1. The van der Waals surface area contributed by atoms with Crippen LogP contribution >= 0.6 is 11.6 Å². The molecule has 1 aromatic carbocycles. The third-order valence-electron chi connectivity index (χ3n) is 3.12. The number of halogens is 2. The van der Waals surface area contributed by atoms with Crippen LogP contribution in [0.5, 0.6) is 0 Å². The zero-order valence-corrected chi connectivity index (χ0v) is 14.9. The maximum atomic E-state index is 13.3. The first kappa shape index (κ1) is 18.9. The normalized spacial score (nSPS) is 11.1. The Kier molecular flexibility index (Phi) is 5.74. The summed E-state index contributed by atoms with van der Waals surface area (Å²) < 4.78 is 13.3. The van der Waals surface area contributed by atoms with Gasteiger partial charge in [0, 0.05) is 22.4 Å². The molecule has 0 bridgehead atoms. The van der Waals surface area contributed by atoms with Gasteiger partial charge >= 0.3 is 0 Å². The Balaban J connectivity index is 2.07. The third-order valence-corrected chi connectivity index (χ3v) is 3.49. The highest BCUT2D eigenvalue weighted by Crippen LogP contribution is 2.18. The second-order valence-corrected chi connectivity index (χ2v) is 7.00. The van der Waals surface area contributed by atoms with Crippen molar-refractivity contribution >= 4 is 29.1 Å². The Bertz CT molecular complexity index is 803. The molecule has 2 N–H and O–H groups in total. The smallest absolute Gasteiger partial charge is 0.270 e. The van der Waals surface area contributed by atoms with Gasteiger partial charge in [-0.1, -0.05) is 11.6 Å². The first-order chi connectivity index (χ1) is 11.6. The average Bonchev–Trinajstić information content (AvgIpc) is 2.49. The molecule has 0 aliphatic rings. The number of amides is 2. The topological polar surface area (TPSA) is 71.1 Å². The van der Waals surface area contributed by atoms with Gasteiger partial charge in [-0.05, 0) is 56.7 Å². The summed E-state index contributed by atoms with van der Waals surface area (Å²) in [5.41, 5.74) is 0.605. The maximum absolute atomic E-state index is 13.3. The fourth-order valence-electron chi connectivity index (χ4n) is 2.09. The minimum absolute atomic E-state index is 0.0809. The van der Waals surface area contributed by atoms with Gasteiger partial charge in [-0.15, -0.1) is 0 Å². The summed E-state index contributed by atoms with van der Waals surface area (Å²) in [6.07, 6.45) is 1.35. The molecule has 2 aromatic rings. The zero-order valence-electron chi connectivity index (χ0n) is 14.2. The predicted molar refractivity (Wildman–Crippen MR) is 95.2 cm³/mol. The van der Waals surface area contributed by atoms with Gasteiger partial charge in [-0.25, -0.2) is 4.39 Å². The number of nitrogens with one attached hydrogen (secondary N) is 2. The molecule has 1 heterocycles. The third kappa shape index (κ3) is 5.83. The van der Waals surface area contributed by atoms with Gasteiger partial charge in [0.25, 0.3) is 5.91 Å². The molecule has 0 unspecified atom stereocenters. The Hall–Kier alpha value is -2.47. The molecule has 0 aliphatic carbocycles. The molecule has 0 spiro atoms. The van der Waals surface area contributed by atoms with E-state index in [1.54, 1.807) is 6.07 Å². The molecule has 132 valence electrons. The zero-order chi connectivity index (χ0) is 18.6. The second kappa shape index (κ2) is 7.61. The van der Waals surface area contributed by atoms with Crippen LogP contribution in [0.15, 0.2) is 36.5 Å². The number of aromatic nitrogens is 1. The molecule has 2 rings (SSSR count). The number of anilines is 1. The summed E-state index contributed by atoms with van der Waals surface area (Å²) in [4.78, 5) is 28.3. The van der Waals surface area contributed by atoms with E-state index in [9.17, 15) is 14.0 Å². The van der Waals surface area contributed by atoms with E-state index in [0.717, 1.165) is 0 Å². The Labute approximate surface area is 150 Å². The molecule has 0 saturated heterocycles. The van der Waals surface area contributed by atoms with E-state index in [1.807, 2.05) is 20.8 Å². The standard InChI is InChI=1S/C18H19ClFN3O2/c1-18(2,3)23-17(25)15-10-13(6-7-21-15)22-16(24)9-11-8-12(20)4-5-14(11)19/h4-8,10H,9H2,1-3H3,(H,23,25)(H,21,22,24). The molecule has 25 heavy (non-hydrogen) atoms. The van der Waals surface area contributed by atoms with Gasteiger partial charge in [-0.2, -0.15) is 0 Å². The van der Waals surface area contributed by atoms with E-state index in [2.05, 4.69) is 15.6 Å². The van der Waals surface area contributed by atoms with Gasteiger partial charge in [-0.3, -0.25) is 14.6 Å². The van der Waals surface area contributed by atoms with Crippen molar-refractivity contribution in [2.45, 2.75) is 32.7 Å². The Morgan fingerprint density at radius 2 is 1.92 bits per heavy atom. The number of hydrogen-bond donors (Lipinski definition) is 2. The number of carbonyl (C=O) groups excluding carboxylic acids is 2. The summed E-state index contributed by atoms with van der Waals surface area (Å²) >= 11 is 5.96. The van der Waals surface area contributed by atoms with Crippen molar-refractivity contribution in [3.63, 3.8) is 0 Å². The number of hydrogen-bond acceptors (Lipinski definition) is 3. The van der Waals surface area contributed by atoms with E-state index in [-0.39, 0.29) is 23.9 Å². The average molecular weight is 364 g/mol. The number of pyridine rings is 1. The number of benzene rings is 1. The molecule has 7 heteroatoms. The quantitative estimate of drug-likeness (QED) is 0.872. The molecule has 0 saturated carbocycles. The summed E-state index contributed by atoms with van der Waals surface area (Å²) in [7, 11) is 0. The summed E-state index contributed by atoms with van der Waals surface area (Å²) in [5.74, 6) is -1.17. The van der Waals surface area contributed by atoms with Crippen molar-refractivity contribution in [2.24, 2.45) is 0 Å². The Morgan fingerprint density at radius 1 is 1.20 bits per heavy atom. The molecule has 0 radical (unpaired) electrons. The first-order valence-electron chi connectivity index (χ1n) is 7.66. The molecular weight excluding hydrogens is 345 g/mol. The first-order valence-corrected chi connectivity index (χ1v) is 8.04. The maximum Gasteiger partial charge on any atom is 0.270 e. The van der Waals surface area contributed by atoms with Gasteiger partial charge in [0.2, 0.25) is 5.91 Å². The summed E-state index contributed by atoms with van der Waals surface area (Å²) in [5, 5.41) is 5.77. The van der Waals surface area contributed by atoms with E-state index in [4.69, 9.17) is 11.6 Å². The molecular formula is C18H19ClFN3O2. The van der Waals surface area contributed by atoms with Gasteiger partial charge in [0.15, 0.2) is 0 Å². The van der Waals surface area contributed by atoms with Crippen LogP contribution in [0.1, 0.15) is 36.8 Å². The summed E-state index contributed by atoms with van der Waals surface area (Å²) in [6.45, 7) is 5.58. The highest BCUT2D eigenvalue weighted by Gasteiger charge is 2.17. The molecule has 0 aliphatic heterocycles. The highest BCUT2D eigenvalue weighted by molar-refractivity contribution is 6.31.